The first kappa shape index (κ1) is 13.3. The summed E-state index contributed by atoms with van der Waals surface area (Å²) in [4.78, 5) is 15.7. The number of esters is 1. The van der Waals surface area contributed by atoms with E-state index in [0.29, 0.717) is 24.4 Å². The first-order valence-corrected chi connectivity index (χ1v) is 7.03. The van der Waals surface area contributed by atoms with Gasteiger partial charge in [-0.15, -0.1) is 11.3 Å². The van der Waals surface area contributed by atoms with Crippen LogP contribution in [-0.2, 0) is 9.47 Å². The summed E-state index contributed by atoms with van der Waals surface area (Å²) in [6.07, 6.45) is 3.48. The number of hydrogen-bond donors (Lipinski definition) is 1. The smallest absolute Gasteiger partial charge is 0.357 e. The van der Waals surface area contributed by atoms with E-state index in [1.807, 2.05) is 0 Å². The number of aromatic nitrogens is 1. The fourth-order valence-corrected chi connectivity index (χ4v) is 2.86. The van der Waals surface area contributed by atoms with Crippen molar-refractivity contribution in [1.82, 2.24) is 4.98 Å². The van der Waals surface area contributed by atoms with Gasteiger partial charge in [-0.25, -0.2) is 9.78 Å². The minimum atomic E-state index is -0.358. The minimum Gasteiger partial charge on any atom is -0.461 e. The topological polar surface area (TPSA) is 60.5 Å². The Morgan fingerprint density at radius 1 is 1.61 bits per heavy atom. The number of nitrogens with one attached hydrogen (secondary N) is 1. The van der Waals surface area contributed by atoms with Gasteiger partial charge in [-0.2, -0.15) is 0 Å². The summed E-state index contributed by atoms with van der Waals surface area (Å²) in [5.41, 5.74) is 0.380. The number of ether oxygens (including phenoxy) is 2. The van der Waals surface area contributed by atoms with Crippen LogP contribution in [0.1, 0.15) is 36.7 Å². The molecule has 18 heavy (non-hydrogen) atoms. The van der Waals surface area contributed by atoms with Gasteiger partial charge in [0, 0.05) is 18.5 Å². The van der Waals surface area contributed by atoms with Crippen molar-refractivity contribution in [1.29, 1.82) is 0 Å². The third kappa shape index (κ3) is 3.20. The Hall–Kier alpha value is -1.14. The van der Waals surface area contributed by atoms with Crippen LogP contribution in [0.25, 0.3) is 0 Å². The molecule has 0 spiro atoms. The van der Waals surface area contributed by atoms with Crippen LogP contribution in [-0.4, -0.2) is 36.8 Å². The van der Waals surface area contributed by atoms with Crippen molar-refractivity contribution in [3.05, 3.63) is 11.1 Å². The largest absolute Gasteiger partial charge is 0.461 e. The average Bonchev–Trinajstić information content (AvgIpc) is 2.99. The zero-order chi connectivity index (χ0) is 13.0. The molecule has 1 aromatic heterocycles. The quantitative estimate of drug-likeness (QED) is 0.832. The van der Waals surface area contributed by atoms with Gasteiger partial charge < -0.3 is 14.8 Å². The molecule has 1 aromatic rings. The molecule has 6 heteroatoms. The molecule has 2 rings (SSSR count). The van der Waals surface area contributed by atoms with E-state index in [1.165, 1.54) is 11.3 Å². The Kier molecular flexibility index (Phi) is 4.54. The summed E-state index contributed by atoms with van der Waals surface area (Å²) in [6, 6.07) is 0.385. The van der Waals surface area contributed by atoms with Crippen LogP contribution < -0.4 is 5.32 Å². The van der Waals surface area contributed by atoms with Crippen LogP contribution >= 0.6 is 11.3 Å². The van der Waals surface area contributed by atoms with Crippen molar-refractivity contribution in [2.24, 2.45) is 0 Å². The van der Waals surface area contributed by atoms with E-state index in [4.69, 9.17) is 9.47 Å². The number of methoxy groups -OCH3 is 1. The van der Waals surface area contributed by atoms with Crippen molar-refractivity contribution >= 4 is 22.4 Å². The highest BCUT2D eigenvalue weighted by Gasteiger charge is 2.25. The van der Waals surface area contributed by atoms with E-state index < -0.39 is 0 Å². The Bertz CT molecular complexity index is 408. The van der Waals surface area contributed by atoms with E-state index in [2.05, 4.69) is 10.3 Å². The van der Waals surface area contributed by atoms with Crippen LogP contribution in [0.2, 0.25) is 0 Å². The van der Waals surface area contributed by atoms with Gasteiger partial charge in [-0.1, -0.05) is 0 Å². The molecule has 1 aliphatic carbocycles. The fraction of sp³-hybridized carbons (Fsp3) is 0.667. The summed E-state index contributed by atoms with van der Waals surface area (Å²) < 4.78 is 10.2. The second-order valence-corrected chi connectivity index (χ2v) is 5.13. The maximum atomic E-state index is 11.5. The molecule has 1 heterocycles. The molecule has 1 N–H and O–H groups in total. The van der Waals surface area contributed by atoms with Crippen LogP contribution in [0, 0.1) is 0 Å². The maximum absolute atomic E-state index is 11.5. The summed E-state index contributed by atoms with van der Waals surface area (Å²) >= 11 is 1.44. The number of carbonyl (C=O) groups excluding carboxylic acids is 1. The van der Waals surface area contributed by atoms with E-state index in [1.54, 1.807) is 19.4 Å². The van der Waals surface area contributed by atoms with Crippen molar-refractivity contribution in [2.45, 2.75) is 38.3 Å². The van der Waals surface area contributed by atoms with Crippen molar-refractivity contribution < 1.29 is 14.3 Å². The van der Waals surface area contributed by atoms with Gasteiger partial charge in [0.2, 0.25) is 0 Å². The van der Waals surface area contributed by atoms with Crippen LogP contribution in [0.15, 0.2) is 5.38 Å². The summed E-state index contributed by atoms with van der Waals surface area (Å²) in [5.74, 6) is -0.358. The lowest BCUT2D eigenvalue weighted by Gasteiger charge is -2.11. The molecule has 2 atom stereocenters. The molecule has 0 saturated heterocycles. The Balaban J connectivity index is 1.89. The number of anilines is 1. The highest BCUT2D eigenvalue weighted by molar-refractivity contribution is 7.13. The SMILES string of the molecule is CCOC(=O)c1csc(NC2CCC(OC)C2)n1. The lowest BCUT2D eigenvalue weighted by Crippen LogP contribution is -2.17. The summed E-state index contributed by atoms with van der Waals surface area (Å²) in [7, 11) is 1.75. The molecule has 1 aliphatic rings. The maximum Gasteiger partial charge on any atom is 0.357 e. The Morgan fingerprint density at radius 3 is 3.11 bits per heavy atom. The van der Waals surface area contributed by atoms with Crippen molar-refractivity contribution in [3.8, 4) is 0 Å². The number of carbonyl (C=O) groups is 1. The molecule has 0 radical (unpaired) electrons. The highest BCUT2D eigenvalue weighted by Crippen LogP contribution is 2.26. The zero-order valence-electron chi connectivity index (χ0n) is 10.6. The normalized spacial score (nSPS) is 23.0. The fourth-order valence-electron chi connectivity index (χ4n) is 2.10. The van der Waals surface area contributed by atoms with Gasteiger partial charge in [0.05, 0.1) is 12.7 Å². The van der Waals surface area contributed by atoms with Crippen LogP contribution in [0.3, 0.4) is 0 Å². The number of rotatable bonds is 5. The number of thiazole rings is 1. The van der Waals surface area contributed by atoms with Gasteiger partial charge in [-0.05, 0) is 26.2 Å². The molecular formula is C12H18N2O3S. The van der Waals surface area contributed by atoms with E-state index in [-0.39, 0.29) is 5.97 Å². The molecule has 1 fully saturated rings. The van der Waals surface area contributed by atoms with E-state index >= 15 is 0 Å². The van der Waals surface area contributed by atoms with Gasteiger partial charge >= 0.3 is 5.97 Å². The summed E-state index contributed by atoms with van der Waals surface area (Å²) in [6.45, 7) is 2.16. The number of nitrogens with zero attached hydrogens (tertiary/aromatic N) is 1. The van der Waals surface area contributed by atoms with E-state index in [9.17, 15) is 4.79 Å². The zero-order valence-corrected chi connectivity index (χ0v) is 11.5. The molecular weight excluding hydrogens is 252 g/mol. The molecule has 5 nitrogen and oxygen atoms in total. The highest BCUT2D eigenvalue weighted by atomic mass is 32.1. The van der Waals surface area contributed by atoms with Crippen LogP contribution in [0.5, 0.6) is 0 Å². The predicted octanol–water partition coefficient (Wildman–Crippen LogP) is 2.30. The van der Waals surface area contributed by atoms with Gasteiger partial charge in [0.25, 0.3) is 0 Å². The van der Waals surface area contributed by atoms with Crippen molar-refractivity contribution in [2.75, 3.05) is 19.0 Å². The molecule has 0 amide bonds. The van der Waals surface area contributed by atoms with Gasteiger partial charge in [0.15, 0.2) is 10.8 Å². The van der Waals surface area contributed by atoms with Crippen molar-refractivity contribution in [3.63, 3.8) is 0 Å². The van der Waals surface area contributed by atoms with Crippen LogP contribution in [0.4, 0.5) is 5.13 Å². The molecule has 100 valence electrons. The monoisotopic (exact) mass is 270 g/mol. The molecule has 0 bridgehead atoms. The standard InChI is InChI=1S/C12H18N2O3S/c1-3-17-11(15)10-7-18-12(14-10)13-8-4-5-9(6-8)16-2/h7-9H,3-6H2,1-2H3,(H,13,14). The summed E-state index contributed by atoms with van der Waals surface area (Å²) in [5, 5.41) is 5.85. The van der Waals surface area contributed by atoms with Gasteiger partial charge in [-0.3, -0.25) is 0 Å². The molecule has 1 saturated carbocycles. The minimum absolute atomic E-state index is 0.340. The molecule has 0 aliphatic heterocycles. The van der Waals surface area contributed by atoms with Gasteiger partial charge in [0.1, 0.15) is 0 Å². The molecule has 2 unspecified atom stereocenters. The lowest BCUT2D eigenvalue weighted by molar-refractivity contribution is 0.0520. The average molecular weight is 270 g/mol. The number of hydrogen-bond acceptors (Lipinski definition) is 6. The molecule has 0 aromatic carbocycles. The second-order valence-electron chi connectivity index (χ2n) is 4.27. The van der Waals surface area contributed by atoms with E-state index in [0.717, 1.165) is 24.4 Å². The predicted molar refractivity (Wildman–Crippen MR) is 70.1 cm³/mol. The first-order chi connectivity index (χ1) is 8.72. The Labute approximate surface area is 111 Å². The lowest BCUT2D eigenvalue weighted by atomic mass is 10.2. The second kappa shape index (κ2) is 6.15. The third-order valence-electron chi connectivity index (χ3n) is 3.03. The Morgan fingerprint density at radius 2 is 2.44 bits per heavy atom. The first-order valence-electron chi connectivity index (χ1n) is 6.15. The third-order valence-corrected chi connectivity index (χ3v) is 3.81.